The lowest BCUT2D eigenvalue weighted by molar-refractivity contribution is 0.209. The van der Waals surface area contributed by atoms with Crippen molar-refractivity contribution in [1.82, 2.24) is 24.5 Å². The first-order valence-corrected chi connectivity index (χ1v) is 10.0. The third kappa shape index (κ3) is 3.60. The van der Waals surface area contributed by atoms with Crippen LogP contribution in [0, 0.1) is 5.92 Å². The van der Waals surface area contributed by atoms with Crippen molar-refractivity contribution in [3.05, 3.63) is 11.6 Å². The van der Waals surface area contributed by atoms with Crippen molar-refractivity contribution in [3.63, 3.8) is 0 Å². The minimum absolute atomic E-state index is 0.288. The number of hydrogen-bond acceptors (Lipinski definition) is 5. The van der Waals surface area contributed by atoms with Gasteiger partial charge in [0.15, 0.2) is 17.0 Å². The van der Waals surface area contributed by atoms with E-state index in [2.05, 4.69) is 36.9 Å². The molecule has 0 atom stereocenters. The van der Waals surface area contributed by atoms with Gasteiger partial charge in [0.1, 0.15) is 0 Å². The Morgan fingerprint density at radius 3 is 2.64 bits per heavy atom. The number of nitrogens with one attached hydrogen (secondary N) is 1. The zero-order valence-corrected chi connectivity index (χ0v) is 15.7. The van der Waals surface area contributed by atoms with Crippen molar-refractivity contribution in [2.24, 2.45) is 5.92 Å². The molecule has 0 amide bonds. The second kappa shape index (κ2) is 7.46. The van der Waals surface area contributed by atoms with Crippen LogP contribution in [0.15, 0.2) is 6.33 Å². The molecule has 2 aliphatic rings. The van der Waals surface area contributed by atoms with Crippen molar-refractivity contribution >= 4 is 28.6 Å². The van der Waals surface area contributed by atoms with Gasteiger partial charge in [-0.25, -0.2) is 9.99 Å². The number of anilines is 1. The van der Waals surface area contributed by atoms with Crippen LogP contribution in [0.25, 0.3) is 11.2 Å². The van der Waals surface area contributed by atoms with Gasteiger partial charge in [0.05, 0.1) is 6.33 Å². The smallest absolute Gasteiger partial charge is 0.226 e. The molecular formula is C18H27ClN6. The maximum absolute atomic E-state index is 6.22. The number of hydrogen-bond donors (Lipinski definition) is 1. The maximum atomic E-state index is 6.22. The van der Waals surface area contributed by atoms with Crippen molar-refractivity contribution in [3.8, 4) is 0 Å². The summed E-state index contributed by atoms with van der Waals surface area (Å²) in [6, 6.07) is 0.494. The number of imidazole rings is 1. The van der Waals surface area contributed by atoms with Crippen LogP contribution < -0.4 is 5.43 Å². The minimum Gasteiger partial charge on any atom is -0.312 e. The Hall–Kier alpha value is -1.40. The van der Waals surface area contributed by atoms with Gasteiger partial charge in [-0.3, -0.25) is 0 Å². The topological polar surface area (TPSA) is 58.9 Å². The van der Waals surface area contributed by atoms with Crippen molar-refractivity contribution in [1.29, 1.82) is 0 Å². The van der Waals surface area contributed by atoms with E-state index in [-0.39, 0.29) is 5.28 Å². The molecule has 4 rings (SSSR count). The summed E-state index contributed by atoms with van der Waals surface area (Å²) in [7, 11) is 0. The predicted octanol–water partition coefficient (Wildman–Crippen LogP) is 4.43. The van der Waals surface area contributed by atoms with E-state index in [4.69, 9.17) is 11.6 Å². The van der Waals surface area contributed by atoms with E-state index in [1.54, 1.807) is 0 Å². The summed E-state index contributed by atoms with van der Waals surface area (Å²) in [5.41, 5.74) is 5.14. The number of fused-ring (bicyclic) bond motifs is 1. The van der Waals surface area contributed by atoms with Crippen LogP contribution in [0.1, 0.15) is 64.3 Å². The fraction of sp³-hybridized carbons (Fsp3) is 0.722. The van der Waals surface area contributed by atoms with Crippen LogP contribution in [0.4, 0.5) is 5.82 Å². The molecule has 7 heteroatoms. The second-order valence-corrected chi connectivity index (χ2v) is 7.77. The Labute approximate surface area is 154 Å². The molecule has 2 aromatic heterocycles. The first kappa shape index (κ1) is 17.0. The summed E-state index contributed by atoms with van der Waals surface area (Å²) >= 11 is 6.22. The van der Waals surface area contributed by atoms with E-state index in [9.17, 15) is 0 Å². The van der Waals surface area contributed by atoms with E-state index in [0.29, 0.717) is 6.04 Å². The molecule has 136 valence electrons. The summed E-state index contributed by atoms with van der Waals surface area (Å²) < 4.78 is 2.19. The molecule has 1 aliphatic heterocycles. The molecule has 1 saturated carbocycles. The molecule has 3 heterocycles. The average molecular weight is 363 g/mol. The van der Waals surface area contributed by atoms with Gasteiger partial charge in [-0.15, -0.1) is 0 Å². The highest BCUT2D eigenvalue weighted by molar-refractivity contribution is 6.28. The van der Waals surface area contributed by atoms with Gasteiger partial charge in [0, 0.05) is 19.1 Å². The quantitative estimate of drug-likeness (QED) is 0.797. The zero-order valence-electron chi connectivity index (χ0n) is 14.9. The molecule has 0 radical (unpaired) electrons. The molecule has 0 spiro atoms. The number of halogens is 1. The lowest BCUT2D eigenvalue weighted by Crippen LogP contribution is -2.38. The van der Waals surface area contributed by atoms with Crippen LogP contribution >= 0.6 is 11.6 Å². The van der Waals surface area contributed by atoms with Gasteiger partial charge in [-0.1, -0.05) is 32.6 Å². The molecule has 2 aromatic rings. The third-order valence-corrected chi connectivity index (χ3v) is 5.86. The van der Waals surface area contributed by atoms with E-state index in [0.717, 1.165) is 36.0 Å². The molecule has 6 nitrogen and oxygen atoms in total. The normalized spacial score (nSPS) is 20.6. The lowest BCUT2D eigenvalue weighted by atomic mass is 9.93. The SMILES string of the molecule is CCCC1CCN(Nc2nc(Cl)nc3c2ncn3C2CCCC2)CC1. The molecule has 1 saturated heterocycles. The molecule has 0 bridgehead atoms. The van der Waals surface area contributed by atoms with E-state index in [1.807, 2.05) is 6.33 Å². The highest BCUT2D eigenvalue weighted by Gasteiger charge is 2.23. The minimum atomic E-state index is 0.288. The predicted molar refractivity (Wildman–Crippen MR) is 101 cm³/mol. The average Bonchev–Trinajstić information content (AvgIpc) is 3.26. The number of rotatable bonds is 5. The summed E-state index contributed by atoms with van der Waals surface area (Å²) in [5.74, 6) is 1.60. The summed E-state index contributed by atoms with van der Waals surface area (Å²) in [4.78, 5) is 13.5. The Morgan fingerprint density at radius 2 is 1.92 bits per heavy atom. The largest absolute Gasteiger partial charge is 0.312 e. The van der Waals surface area contributed by atoms with Gasteiger partial charge in [0.25, 0.3) is 0 Å². The number of hydrazine groups is 1. The van der Waals surface area contributed by atoms with Gasteiger partial charge >= 0.3 is 0 Å². The maximum Gasteiger partial charge on any atom is 0.226 e. The van der Waals surface area contributed by atoms with Crippen LogP contribution in [0.3, 0.4) is 0 Å². The molecular weight excluding hydrogens is 336 g/mol. The van der Waals surface area contributed by atoms with Crippen LogP contribution in [-0.2, 0) is 0 Å². The molecule has 0 aromatic carbocycles. The summed E-state index contributed by atoms with van der Waals surface area (Å²) in [5, 5.41) is 2.54. The first-order chi connectivity index (χ1) is 12.2. The zero-order chi connectivity index (χ0) is 17.2. The van der Waals surface area contributed by atoms with Crippen molar-refractivity contribution in [2.45, 2.75) is 64.3 Å². The van der Waals surface area contributed by atoms with E-state index >= 15 is 0 Å². The summed E-state index contributed by atoms with van der Waals surface area (Å²) in [6.07, 6.45) is 11.9. The van der Waals surface area contributed by atoms with Gasteiger partial charge in [-0.05, 0) is 43.2 Å². The van der Waals surface area contributed by atoms with E-state index in [1.165, 1.54) is 51.4 Å². The number of piperidine rings is 1. The second-order valence-electron chi connectivity index (χ2n) is 7.43. The molecule has 25 heavy (non-hydrogen) atoms. The van der Waals surface area contributed by atoms with Gasteiger partial charge in [-0.2, -0.15) is 9.97 Å². The number of aromatic nitrogens is 4. The first-order valence-electron chi connectivity index (χ1n) is 9.66. The van der Waals surface area contributed by atoms with Crippen molar-refractivity contribution in [2.75, 3.05) is 18.5 Å². The van der Waals surface area contributed by atoms with Crippen LogP contribution in [-0.4, -0.2) is 37.6 Å². The highest BCUT2D eigenvalue weighted by Crippen LogP contribution is 2.33. The molecule has 1 aliphatic carbocycles. The highest BCUT2D eigenvalue weighted by atomic mass is 35.5. The van der Waals surface area contributed by atoms with Gasteiger partial charge in [0.2, 0.25) is 5.28 Å². The molecule has 1 N–H and O–H groups in total. The van der Waals surface area contributed by atoms with E-state index < -0.39 is 0 Å². The molecule has 0 unspecified atom stereocenters. The lowest BCUT2D eigenvalue weighted by Gasteiger charge is -2.32. The standard InChI is InChI=1S/C18H27ClN6/c1-2-5-13-8-10-24(11-9-13)23-16-15-17(22-18(19)21-16)25(12-20-15)14-6-3-4-7-14/h12-14H,2-11H2,1H3,(H,21,22,23). The van der Waals surface area contributed by atoms with Crippen LogP contribution in [0.5, 0.6) is 0 Å². The van der Waals surface area contributed by atoms with Crippen LogP contribution in [0.2, 0.25) is 5.28 Å². The number of nitrogens with zero attached hydrogens (tertiary/aromatic N) is 5. The third-order valence-electron chi connectivity index (χ3n) is 5.69. The molecule has 2 fully saturated rings. The Morgan fingerprint density at radius 1 is 1.16 bits per heavy atom. The Kier molecular flexibility index (Phi) is 5.08. The Balaban J connectivity index is 1.54. The Bertz CT molecular complexity index is 716. The monoisotopic (exact) mass is 362 g/mol. The fourth-order valence-electron chi connectivity index (χ4n) is 4.31. The van der Waals surface area contributed by atoms with Gasteiger partial charge < -0.3 is 9.99 Å². The summed E-state index contributed by atoms with van der Waals surface area (Å²) in [6.45, 7) is 4.35. The van der Waals surface area contributed by atoms with Crippen molar-refractivity contribution < 1.29 is 0 Å². The fourth-order valence-corrected chi connectivity index (χ4v) is 4.47.